The molecule has 0 aliphatic carbocycles. The fourth-order valence-corrected chi connectivity index (χ4v) is 2.21. The molecule has 0 fully saturated rings. The van der Waals surface area contributed by atoms with E-state index >= 15 is 0 Å². The normalized spacial score (nSPS) is 10.0. The summed E-state index contributed by atoms with van der Waals surface area (Å²) >= 11 is 0. The fourth-order valence-electron chi connectivity index (χ4n) is 2.21. The Morgan fingerprint density at radius 3 is 2.65 bits per heavy atom. The van der Waals surface area contributed by atoms with Gasteiger partial charge in [0, 0.05) is 29.7 Å². The molecule has 0 atom stereocenters. The van der Waals surface area contributed by atoms with Crippen LogP contribution in [0.5, 0.6) is 11.5 Å². The van der Waals surface area contributed by atoms with Gasteiger partial charge in [0.1, 0.15) is 23.0 Å². The van der Waals surface area contributed by atoms with Crippen LogP contribution in [0.3, 0.4) is 0 Å². The summed E-state index contributed by atoms with van der Waals surface area (Å²) in [6.45, 7) is 3.66. The van der Waals surface area contributed by atoms with Crippen molar-refractivity contribution in [2.45, 2.75) is 13.8 Å². The third-order valence-corrected chi connectivity index (χ3v) is 3.41. The number of amides is 1. The minimum absolute atomic E-state index is 0.184. The summed E-state index contributed by atoms with van der Waals surface area (Å²) in [5, 5.41) is 11.5. The highest BCUT2D eigenvalue weighted by Gasteiger charge is 2.12. The second kappa shape index (κ2) is 7.40. The second-order valence-electron chi connectivity index (χ2n) is 5.56. The first-order valence-electron chi connectivity index (χ1n) is 7.80. The van der Waals surface area contributed by atoms with Gasteiger partial charge in [-0.2, -0.15) is 5.26 Å². The number of anilines is 1. The van der Waals surface area contributed by atoms with Gasteiger partial charge in [-0.1, -0.05) is 0 Å². The van der Waals surface area contributed by atoms with Crippen molar-refractivity contribution >= 4 is 11.7 Å². The highest BCUT2D eigenvalue weighted by atomic mass is 16.5. The Bertz CT molecular complexity index is 994. The molecule has 0 aromatic carbocycles. The SMILES string of the molecule is Cc1ccc(Oc2cc(C)nc(C(=O)Nc3cc(C#N)ccn3)c2)cn1. The van der Waals surface area contributed by atoms with Gasteiger partial charge in [-0.25, -0.2) is 9.97 Å². The quantitative estimate of drug-likeness (QED) is 0.777. The molecule has 3 heterocycles. The van der Waals surface area contributed by atoms with E-state index in [1.165, 1.54) is 18.3 Å². The van der Waals surface area contributed by atoms with Crippen molar-refractivity contribution in [1.82, 2.24) is 15.0 Å². The predicted octanol–water partition coefficient (Wildman–Crippen LogP) is 3.40. The Morgan fingerprint density at radius 1 is 1.08 bits per heavy atom. The molecule has 0 bridgehead atoms. The van der Waals surface area contributed by atoms with Gasteiger partial charge in [0.25, 0.3) is 5.91 Å². The molecule has 3 rings (SSSR count). The topological polar surface area (TPSA) is 101 Å². The van der Waals surface area contributed by atoms with Gasteiger partial charge >= 0.3 is 0 Å². The molecule has 0 unspecified atom stereocenters. The fraction of sp³-hybridized carbons (Fsp3) is 0.105. The van der Waals surface area contributed by atoms with E-state index in [0.717, 1.165) is 5.69 Å². The number of nitrogens with zero attached hydrogens (tertiary/aromatic N) is 4. The number of nitriles is 1. The first-order valence-corrected chi connectivity index (χ1v) is 7.80. The van der Waals surface area contributed by atoms with Crippen LogP contribution < -0.4 is 10.1 Å². The van der Waals surface area contributed by atoms with Crippen molar-refractivity contribution in [2.24, 2.45) is 0 Å². The minimum atomic E-state index is -0.442. The second-order valence-corrected chi connectivity index (χ2v) is 5.56. The van der Waals surface area contributed by atoms with E-state index in [1.54, 1.807) is 31.3 Å². The van der Waals surface area contributed by atoms with E-state index in [1.807, 2.05) is 19.1 Å². The first kappa shape index (κ1) is 17.0. The first-order chi connectivity index (χ1) is 12.5. The Kier molecular flexibility index (Phi) is 4.85. The van der Waals surface area contributed by atoms with Gasteiger partial charge in [0.05, 0.1) is 17.8 Å². The number of aryl methyl sites for hydroxylation is 2. The third kappa shape index (κ3) is 4.19. The van der Waals surface area contributed by atoms with Crippen LogP contribution in [-0.2, 0) is 0 Å². The molecule has 7 heteroatoms. The van der Waals surface area contributed by atoms with Gasteiger partial charge in [-0.3, -0.25) is 9.78 Å². The van der Waals surface area contributed by atoms with Crippen LogP contribution in [0, 0.1) is 25.2 Å². The van der Waals surface area contributed by atoms with E-state index in [4.69, 9.17) is 10.00 Å². The van der Waals surface area contributed by atoms with Crippen molar-refractivity contribution in [2.75, 3.05) is 5.32 Å². The number of carbonyl (C=O) groups excluding carboxylic acids is 1. The Labute approximate surface area is 150 Å². The van der Waals surface area contributed by atoms with Crippen molar-refractivity contribution < 1.29 is 9.53 Å². The molecule has 3 aromatic heterocycles. The summed E-state index contributed by atoms with van der Waals surface area (Å²) in [5.74, 6) is 0.883. The lowest BCUT2D eigenvalue weighted by Gasteiger charge is -2.09. The van der Waals surface area contributed by atoms with Crippen molar-refractivity contribution in [3.8, 4) is 17.6 Å². The number of hydrogen-bond acceptors (Lipinski definition) is 6. The molecule has 26 heavy (non-hydrogen) atoms. The molecule has 1 amide bonds. The molecule has 0 radical (unpaired) electrons. The number of hydrogen-bond donors (Lipinski definition) is 1. The number of carbonyl (C=O) groups is 1. The molecule has 128 valence electrons. The molecule has 0 saturated heterocycles. The molecule has 0 aliphatic heterocycles. The minimum Gasteiger partial charge on any atom is -0.456 e. The van der Waals surface area contributed by atoms with Gasteiger partial charge in [-0.05, 0) is 38.1 Å². The average molecular weight is 345 g/mol. The maximum Gasteiger partial charge on any atom is 0.275 e. The molecular formula is C19H15N5O2. The number of rotatable bonds is 4. The lowest BCUT2D eigenvalue weighted by Crippen LogP contribution is -2.15. The van der Waals surface area contributed by atoms with Crippen LogP contribution in [-0.4, -0.2) is 20.9 Å². The number of pyridine rings is 3. The Balaban J connectivity index is 1.81. The Morgan fingerprint density at radius 2 is 1.92 bits per heavy atom. The molecule has 0 saturated carbocycles. The lowest BCUT2D eigenvalue weighted by molar-refractivity contribution is 0.102. The van der Waals surface area contributed by atoms with E-state index in [9.17, 15) is 4.79 Å². The summed E-state index contributed by atoms with van der Waals surface area (Å²) in [6, 6.07) is 11.9. The molecule has 0 spiro atoms. The van der Waals surface area contributed by atoms with Gasteiger partial charge in [0.15, 0.2) is 0 Å². The van der Waals surface area contributed by atoms with Crippen LogP contribution in [0.1, 0.15) is 27.4 Å². The van der Waals surface area contributed by atoms with E-state index in [0.29, 0.717) is 22.8 Å². The summed E-state index contributed by atoms with van der Waals surface area (Å²) in [7, 11) is 0. The zero-order chi connectivity index (χ0) is 18.5. The third-order valence-electron chi connectivity index (χ3n) is 3.41. The monoisotopic (exact) mass is 345 g/mol. The molecule has 0 aliphatic rings. The van der Waals surface area contributed by atoms with Crippen LogP contribution in [0.4, 0.5) is 5.82 Å². The smallest absolute Gasteiger partial charge is 0.275 e. The largest absolute Gasteiger partial charge is 0.456 e. The van der Waals surface area contributed by atoms with Crippen LogP contribution in [0.15, 0.2) is 48.8 Å². The van der Waals surface area contributed by atoms with E-state index < -0.39 is 5.91 Å². The summed E-state index contributed by atoms with van der Waals surface area (Å²) < 4.78 is 5.75. The number of nitrogens with one attached hydrogen (secondary N) is 1. The van der Waals surface area contributed by atoms with Crippen molar-refractivity contribution in [3.05, 3.63) is 71.4 Å². The molecule has 1 N–H and O–H groups in total. The predicted molar refractivity (Wildman–Crippen MR) is 94.9 cm³/mol. The van der Waals surface area contributed by atoms with Crippen molar-refractivity contribution in [1.29, 1.82) is 5.26 Å². The van der Waals surface area contributed by atoms with Gasteiger partial charge < -0.3 is 10.1 Å². The zero-order valence-electron chi connectivity index (χ0n) is 14.2. The van der Waals surface area contributed by atoms with Crippen LogP contribution >= 0.6 is 0 Å². The van der Waals surface area contributed by atoms with Gasteiger partial charge in [-0.15, -0.1) is 0 Å². The standard InChI is InChI=1S/C19H15N5O2/c1-12-3-4-15(11-22-12)26-16-7-13(2)23-17(9-16)19(25)24-18-8-14(10-20)5-6-21-18/h3-9,11H,1-2H3,(H,21,24,25). The summed E-state index contributed by atoms with van der Waals surface area (Å²) in [4.78, 5) is 24.9. The van der Waals surface area contributed by atoms with Crippen LogP contribution in [0.2, 0.25) is 0 Å². The zero-order valence-corrected chi connectivity index (χ0v) is 14.2. The molecular weight excluding hydrogens is 330 g/mol. The maximum absolute atomic E-state index is 12.5. The average Bonchev–Trinajstić information content (AvgIpc) is 2.63. The molecule has 7 nitrogen and oxygen atoms in total. The lowest BCUT2D eigenvalue weighted by atomic mass is 10.2. The van der Waals surface area contributed by atoms with Gasteiger partial charge in [0.2, 0.25) is 0 Å². The highest BCUT2D eigenvalue weighted by molar-refractivity contribution is 6.02. The molecule has 3 aromatic rings. The number of aromatic nitrogens is 3. The highest BCUT2D eigenvalue weighted by Crippen LogP contribution is 2.22. The Hall–Kier alpha value is -3.79. The van der Waals surface area contributed by atoms with Crippen LogP contribution in [0.25, 0.3) is 0 Å². The van der Waals surface area contributed by atoms with E-state index in [-0.39, 0.29) is 11.5 Å². The summed E-state index contributed by atoms with van der Waals surface area (Å²) in [5.41, 5.74) is 2.11. The number of ether oxygens (including phenoxy) is 1. The summed E-state index contributed by atoms with van der Waals surface area (Å²) in [6.07, 6.45) is 3.07. The maximum atomic E-state index is 12.5. The van der Waals surface area contributed by atoms with E-state index in [2.05, 4.69) is 20.3 Å². The van der Waals surface area contributed by atoms with Crippen molar-refractivity contribution in [3.63, 3.8) is 0 Å².